The van der Waals surface area contributed by atoms with E-state index >= 15 is 0 Å². The number of amides is 15. The Labute approximate surface area is 685 Å². The van der Waals surface area contributed by atoms with E-state index in [1.165, 1.54) is 45.1 Å². The molecule has 2 saturated heterocycles. The molecule has 5 rings (SSSR count). The molecule has 2 aliphatic heterocycles. The van der Waals surface area contributed by atoms with Crippen molar-refractivity contribution in [3.8, 4) is 0 Å². The Morgan fingerprint density at radius 3 is 1.69 bits per heavy atom. The van der Waals surface area contributed by atoms with Gasteiger partial charge in [-0.25, -0.2) is 9.78 Å². The van der Waals surface area contributed by atoms with E-state index in [-0.39, 0.29) is 95.7 Å². The van der Waals surface area contributed by atoms with Crippen molar-refractivity contribution in [1.29, 1.82) is 0 Å². The molecule has 652 valence electrons. The third-order valence-corrected chi connectivity index (χ3v) is 20.3. The quantitative estimate of drug-likeness (QED) is 0.0108. The van der Waals surface area contributed by atoms with Crippen molar-refractivity contribution in [3.63, 3.8) is 0 Å². The number of guanidine groups is 1. The van der Waals surface area contributed by atoms with Gasteiger partial charge in [0.1, 0.15) is 84.6 Å². The molecule has 118 heavy (non-hydrogen) atoms. The van der Waals surface area contributed by atoms with Crippen LogP contribution < -0.4 is 86.7 Å². The zero-order chi connectivity index (χ0) is 87.9. The number of H-pyrrole nitrogens is 2. The molecule has 3 aromatic rings. The molecule has 0 unspecified atom stereocenters. The monoisotopic (exact) mass is 1680 g/mol. The molecule has 17 atom stereocenters. The van der Waals surface area contributed by atoms with E-state index in [0.29, 0.717) is 35.0 Å². The number of hydrogen-bond acceptors (Lipinski definition) is 23. The molecule has 4 heterocycles. The number of benzene rings is 1. The predicted octanol–water partition coefficient (Wildman–Crippen LogP) is -6.47. The number of aliphatic imine (C=N–C) groups is 1. The summed E-state index contributed by atoms with van der Waals surface area (Å²) < 4.78 is 0. The SMILES string of the molecule is CC[C@H](C)[C@H](NC(=O)[C@@H](NC(=O)[C@H](C)NC(=O)[C@H](Cc1cnc[nH]1)NC(=O)[C@@H]1CCCN1C(=O)[C@H](C)NC(=O)[C@H](CCC(=O)O)NC(=O)[C@H](CS)NC(=O)[C@H](CC(C)C)NC(=O)[C@H](CCCN=C(N)N)NC(=O)CNC(=O)[C@@H]1CCCN1C(=O)[C@H](Cc1c[nH]c2ccccc12)NC(=O)[C@H](CCC(N)=O)NC(=O)[C@@H](N)[C@@H](C)O)[C@@H](C)O)C(=O)O. The summed E-state index contributed by atoms with van der Waals surface area (Å²) in [5.41, 5.74) is 24.0. The summed E-state index contributed by atoms with van der Waals surface area (Å²) in [5, 5.41) is 70.5. The molecule has 26 N–H and O–H groups in total. The fourth-order valence-corrected chi connectivity index (χ4v) is 13.4. The first-order valence-electron chi connectivity index (χ1n) is 38.9. The molecule has 0 saturated carbocycles. The van der Waals surface area contributed by atoms with E-state index in [2.05, 4.69) is 96.4 Å². The van der Waals surface area contributed by atoms with Crippen molar-refractivity contribution >= 4 is 130 Å². The smallest absolute Gasteiger partial charge is 0.326 e. The third-order valence-electron chi connectivity index (χ3n) is 19.9. The normalized spacial score (nSPS) is 17.7. The second-order valence-corrected chi connectivity index (χ2v) is 30.2. The van der Waals surface area contributed by atoms with Gasteiger partial charge >= 0.3 is 11.9 Å². The van der Waals surface area contributed by atoms with Crippen LogP contribution in [0.4, 0.5) is 0 Å². The number of aromatic amines is 2. The largest absolute Gasteiger partial charge is 0.481 e. The van der Waals surface area contributed by atoms with Crippen LogP contribution in [0.25, 0.3) is 10.9 Å². The number of carboxylic acid groups (broad SMARTS) is 2. The van der Waals surface area contributed by atoms with Crippen LogP contribution in [-0.2, 0) is 94.3 Å². The first kappa shape index (κ1) is 97.0. The van der Waals surface area contributed by atoms with E-state index in [1.807, 2.05) is 0 Å². The van der Waals surface area contributed by atoms with Crippen molar-refractivity contribution in [3.05, 3.63) is 54.2 Å². The maximum Gasteiger partial charge on any atom is 0.326 e. The van der Waals surface area contributed by atoms with Gasteiger partial charge < -0.3 is 127 Å². The lowest BCUT2D eigenvalue weighted by Gasteiger charge is -2.30. The second-order valence-electron chi connectivity index (χ2n) is 29.8. The van der Waals surface area contributed by atoms with Crippen molar-refractivity contribution in [2.45, 2.75) is 242 Å². The van der Waals surface area contributed by atoms with Crippen molar-refractivity contribution in [1.82, 2.24) is 88.6 Å². The minimum absolute atomic E-state index is 0.0138. The van der Waals surface area contributed by atoms with Gasteiger partial charge in [-0.3, -0.25) is 81.7 Å². The van der Waals surface area contributed by atoms with E-state index in [0.717, 1.165) is 4.90 Å². The van der Waals surface area contributed by atoms with Gasteiger partial charge in [0, 0.05) is 80.1 Å². The summed E-state index contributed by atoms with van der Waals surface area (Å²) in [6, 6.07) is -13.3. The number of nitrogens with two attached hydrogens (primary N) is 4. The number of carbonyl (C=O) groups excluding carboxylic acids is 15. The number of imidazole rings is 1. The molecular formula is C74H114N22O21S. The van der Waals surface area contributed by atoms with Crippen LogP contribution in [0.1, 0.15) is 144 Å². The average molecular weight is 1680 g/mol. The maximum absolute atomic E-state index is 14.8. The number of aliphatic carboxylic acids is 2. The number of aromatic nitrogens is 3. The minimum Gasteiger partial charge on any atom is -0.481 e. The molecule has 44 heteroatoms. The molecule has 0 bridgehead atoms. The summed E-state index contributed by atoms with van der Waals surface area (Å²) in [6.45, 7) is 10.9. The Morgan fingerprint density at radius 2 is 1.12 bits per heavy atom. The van der Waals surface area contributed by atoms with E-state index in [1.54, 1.807) is 58.2 Å². The van der Waals surface area contributed by atoms with Gasteiger partial charge in [0.2, 0.25) is 88.6 Å². The number of aliphatic hydroxyl groups is 2. The van der Waals surface area contributed by atoms with Crippen LogP contribution in [0.2, 0.25) is 0 Å². The number of carboxylic acids is 2. The highest BCUT2D eigenvalue weighted by Gasteiger charge is 2.43. The highest BCUT2D eigenvalue weighted by molar-refractivity contribution is 7.80. The number of fused-ring (bicyclic) bond motifs is 1. The van der Waals surface area contributed by atoms with E-state index < -0.39 is 228 Å². The molecule has 15 amide bonds. The molecule has 2 aliphatic rings. The zero-order valence-electron chi connectivity index (χ0n) is 67.1. The number of hydrogen-bond donors (Lipinski definition) is 23. The number of nitrogens with zero attached hydrogens (tertiary/aromatic N) is 4. The van der Waals surface area contributed by atoms with Crippen molar-refractivity contribution in [2.24, 2.45) is 39.8 Å². The summed E-state index contributed by atoms with van der Waals surface area (Å²) >= 11 is 4.28. The number of carbonyl (C=O) groups is 17. The Kier molecular flexibility index (Phi) is 38.7. The van der Waals surface area contributed by atoms with Gasteiger partial charge in [-0.2, -0.15) is 12.6 Å². The summed E-state index contributed by atoms with van der Waals surface area (Å²) in [6.07, 6.45) is -0.00556. The van der Waals surface area contributed by atoms with Crippen LogP contribution in [0.15, 0.2) is 48.0 Å². The maximum atomic E-state index is 14.8. The zero-order valence-corrected chi connectivity index (χ0v) is 68.0. The average Bonchev–Trinajstić information content (AvgIpc) is 1.63. The molecular weight excluding hydrogens is 1570 g/mol. The van der Waals surface area contributed by atoms with Crippen LogP contribution in [0.3, 0.4) is 0 Å². The third kappa shape index (κ3) is 29.9. The number of thiol groups is 1. The van der Waals surface area contributed by atoms with Gasteiger partial charge in [0.05, 0.1) is 25.1 Å². The van der Waals surface area contributed by atoms with Gasteiger partial charge in [-0.1, -0.05) is 52.3 Å². The minimum atomic E-state index is -1.70. The molecule has 0 radical (unpaired) electrons. The van der Waals surface area contributed by atoms with Crippen LogP contribution in [-0.4, -0.2) is 280 Å². The van der Waals surface area contributed by atoms with Crippen LogP contribution in [0, 0.1) is 11.8 Å². The first-order valence-corrected chi connectivity index (χ1v) is 39.5. The lowest BCUT2D eigenvalue weighted by molar-refractivity contribution is -0.144. The highest BCUT2D eigenvalue weighted by atomic mass is 32.1. The Bertz CT molecular complexity index is 4060. The van der Waals surface area contributed by atoms with E-state index in [4.69, 9.17) is 22.9 Å². The molecule has 0 aliphatic carbocycles. The topological polar surface area (TPSA) is 683 Å². The molecule has 0 spiro atoms. The Balaban J connectivity index is 1.26. The number of rotatable bonds is 48. The number of aliphatic hydroxyl groups excluding tert-OH is 2. The van der Waals surface area contributed by atoms with Gasteiger partial charge in [-0.05, 0) is 109 Å². The fourth-order valence-electron chi connectivity index (χ4n) is 13.1. The van der Waals surface area contributed by atoms with Crippen LogP contribution in [0.5, 0.6) is 0 Å². The standard InChI is InChI=1S/C74H114N22O21S/c1-9-36(4)58(73(116)117)93-70(113)59(40(8)98)94-60(103)37(5)84-64(107)49(29-42-31-79-34-83-42)90-68(111)53-19-14-25-95(53)71(114)38(6)85-61(104)47(21-23-56(101)102)87-66(109)51(33-118)92-65(108)48(27-35(2)3)89-62(105)45(17-12-24-80-74(77)78)86-55(100)32-82-67(110)52-18-13-26-96(52)72(115)50(28-41-30-81-44-16-11-10-15-43(41)44)91-63(106)46(20-22-54(75)99)88-69(112)57(76)39(7)97/h10-11,15-16,30-31,34-40,45-53,57-59,81,97-98,118H,9,12-14,17-29,32-33,76H2,1-8H3,(H2,75,99)(H,79,83)(H,82,110)(H,84,107)(H,85,104)(H,86,100)(H,87,109)(H,88,112)(H,89,105)(H,90,111)(H,91,106)(H,92,108)(H,93,113)(H,94,103)(H,101,102)(H,116,117)(H4,77,78,80)/t36-,37-,38-,39+,40+,45-,46-,47-,48-,49-,50-,51-,52-,53-,57-,58-,59-/m0/s1. The number of likely N-dealkylation sites (tertiary alicyclic amines) is 2. The molecule has 1 aromatic carbocycles. The lowest BCUT2D eigenvalue weighted by Crippen LogP contribution is -2.61. The number of nitrogens with one attached hydrogen (secondary N) is 14. The molecule has 43 nitrogen and oxygen atoms in total. The summed E-state index contributed by atoms with van der Waals surface area (Å²) in [5.74, 6) is -18.0. The van der Waals surface area contributed by atoms with Crippen molar-refractivity contribution < 1.29 is 102 Å². The molecule has 2 fully saturated rings. The Hall–Kier alpha value is -11.5. The molecule has 2 aromatic heterocycles. The lowest BCUT2D eigenvalue weighted by atomic mass is 9.98. The van der Waals surface area contributed by atoms with Crippen LogP contribution >= 0.6 is 12.6 Å². The van der Waals surface area contributed by atoms with Crippen molar-refractivity contribution in [2.75, 3.05) is 31.9 Å². The number of para-hydroxylation sites is 1. The summed E-state index contributed by atoms with van der Waals surface area (Å²) in [7, 11) is 0. The summed E-state index contributed by atoms with van der Waals surface area (Å²) in [4.78, 5) is 248. The van der Waals surface area contributed by atoms with Gasteiger partial charge in [0.25, 0.3) is 0 Å². The Morgan fingerprint density at radius 1 is 0.576 bits per heavy atom. The predicted molar refractivity (Wildman–Crippen MR) is 426 cm³/mol. The highest BCUT2D eigenvalue weighted by Crippen LogP contribution is 2.25. The van der Waals surface area contributed by atoms with Gasteiger partial charge in [-0.15, -0.1) is 0 Å². The fraction of sp³-hybridized carbons (Fsp3) is 0.608. The first-order chi connectivity index (χ1) is 55.7. The number of primary amides is 1. The van der Waals surface area contributed by atoms with E-state index in [9.17, 15) is 102 Å². The van der Waals surface area contributed by atoms with Gasteiger partial charge in [0.15, 0.2) is 5.96 Å². The second kappa shape index (κ2) is 47.0.